The molecule has 3 rings (SSSR count). The molecule has 1 aliphatic carbocycles. The summed E-state index contributed by atoms with van der Waals surface area (Å²) in [6, 6.07) is 7.71. The highest BCUT2D eigenvalue weighted by molar-refractivity contribution is 6.06. The normalized spacial score (nSPS) is 22.0. The Balaban J connectivity index is 1.51. The minimum absolute atomic E-state index is 0.0265. The molecule has 1 aromatic rings. The minimum Gasteiger partial charge on any atom is -0.497 e. The standard InChI is InChI=1S/C16H20N2O3/c1-21-13-4-2-3-11(9-13)7-8-17-14-10-15(19)18(16(14)20)12-5-6-12/h2-4,9,12,14,17H,5-8,10H2,1H3. The van der Waals surface area contributed by atoms with E-state index in [4.69, 9.17) is 4.74 Å². The van der Waals surface area contributed by atoms with Crippen LogP contribution in [0.2, 0.25) is 0 Å². The predicted molar refractivity (Wildman–Crippen MR) is 78.0 cm³/mol. The van der Waals surface area contributed by atoms with E-state index in [1.54, 1.807) is 7.11 Å². The van der Waals surface area contributed by atoms with Crippen LogP contribution in [0.5, 0.6) is 5.75 Å². The Morgan fingerprint density at radius 3 is 2.86 bits per heavy atom. The number of amides is 2. The van der Waals surface area contributed by atoms with Crippen LogP contribution in [0.3, 0.4) is 0 Å². The first-order valence-electron chi connectivity index (χ1n) is 7.41. The molecule has 0 radical (unpaired) electrons. The number of hydrogen-bond donors (Lipinski definition) is 1. The molecule has 2 aliphatic rings. The van der Waals surface area contributed by atoms with E-state index in [0.29, 0.717) is 13.0 Å². The number of methoxy groups -OCH3 is 1. The van der Waals surface area contributed by atoms with E-state index in [9.17, 15) is 9.59 Å². The maximum atomic E-state index is 12.2. The van der Waals surface area contributed by atoms with E-state index in [0.717, 1.165) is 30.6 Å². The lowest BCUT2D eigenvalue weighted by atomic mass is 10.1. The first-order valence-corrected chi connectivity index (χ1v) is 7.41. The molecule has 2 fully saturated rings. The Hall–Kier alpha value is -1.88. The van der Waals surface area contributed by atoms with E-state index in [2.05, 4.69) is 5.32 Å². The number of ether oxygens (including phenoxy) is 1. The minimum atomic E-state index is -0.344. The molecule has 5 nitrogen and oxygen atoms in total. The third-order valence-electron chi connectivity index (χ3n) is 4.03. The summed E-state index contributed by atoms with van der Waals surface area (Å²) in [5.41, 5.74) is 1.15. The number of carbonyl (C=O) groups is 2. The van der Waals surface area contributed by atoms with E-state index in [1.807, 2.05) is 24.3 Å². The number of nitrogens with one attached hydrogen (secondary N) is 1. The van der Waals surface area contributed by atoms with Gasteiger partial charge in [0.15, 0.2) is 0 Å². The zero-order valence-corrected chi connectivity index (χ0v) is 12.2. The molecule has 0 aromatic heterocycles. The molecule has 1 N–H and O–H groups in total. The number of hydrogen-bond acceptors (Lipinski definition) is 4. The third-order valence-corrected chi connectivity index (χ3v) is 4.03. The van der Waals surface area contributed by atoms with Crippen LogP contribution in [0, 0.1) is 0 Å². The average Bonchev–Trinajstić information content (AvgIpc) is 3.27. The van der Waals surface area contributed by atoms with Crippen LogP contribution in [0.1, 0.15) is 24.8 Å². The Morgan fingerprint density at radius 1 is 1.33 bits per heavy atom. The van der Waals surface area contributed by atoms with Gasteiger partial charge in [0.2, 0.25) is 11.8 Å². The predicted octanol–water partition coefficient (Wildman–Crippen LogP) is 1.12. The van der Waals surface area contributed by atoms with Gasteiger partial charge in [0.1, 0.15) is 5.75 Å². The zero-order valence-electron chi connectivity index (χ0n) is 12.2. The molecule has 2 amide bonds. The summed E-state index contributed by atoms with van der Waals surface area (Å²) >= 11 is 0. The lowest BCUT2D eigenvalue weighted by Gasteiger charge is -2.14. The number of benzene rings is 1. The van der Waals surface area contributed by atoms with Crippen molar-refractivity contribution in [3.05, 3.63) is 29.8 Å². The fraction of sp³-hybridized carbons (Fsp3) is 0.500. The Morgan fingerprint density at radius 2 is 2.14 bits per heavy atom. The highest BCUT2D eigenvalue weighted by atomic mass is 16.5. The van der Waals surface area contributed by atoms with Crippen molar-refractivity contribution in [3.8, 4) is 5.75 Å². The number of rotatable bonds is 6. The maximum Gasteiger partial charge on any atom is 0.247 e. The van der Waals surface area contributed by atoms with Gasteiger partial charge in [-0.2, -0.15) is 0 Å². The van der Waals surface area contributed by atoms with Gasteiger partial charge in [0.05, 0.1) is 19.6 Å². The van der Waals surface area contributed by atoms with Crippen molar-refractivity contribution in [3.63, 3.8) is 0 Å². The molecule has 1 heterocycles. The van der Waals surface area contributed by atoms with Crippen LogP contribution in [0.25, 0.3) is 0 Å². The van der Waals surface area contributed by atoms with Crippen molar-refractivity contribution in [2.75, 3.05) is 13.7 Å². The van der Waals surface area contributed by atoms with E-state index < -0.39 is 0 Å². The smallest absolute Gasteiger partial charge is 0.247 e. The molecule has 0 spiro atoms. The molecule has 1 atom stereocenters. The Kier molecular flexibility index (Phi) is 3.92. The SMILES string of the molecule is COc1cccc(CCNC2CC(=O)N(C3CC3)C2=O)c1. The van der Waals surface area contributed by atoms with Crippen molar-refractivity contribution < 1.29 is 14.3 Å². The van der Waals surface area contributed by atoms with Crippen LogP contribution in [-0.2, 0) is 16.0 Å². The Labute approximate surface area is 124 Å². The van der Waals surface area contributed by atoms with Crippen LogP contribution in [-0.4, -0.2) is 42.5 Å². The van der Waals surface area contributed by atoms with Gasteiger partial charge in [0, 0.05) is 6.04 Å². The second-order valence-electron chi connectivity index (χ2n) is 5.65. The Bertz CT molecular complexity index is 554. The summed E-state index contributed by atoms with van der Waals surface area (Å²) in [7, 11) is 1.65. The van der Waals surface area contributed by atoms with Gasteiger partial charge >= 0.3 is 0 Å². The molecule has 112 valence electrons. The largest absolute Gasteiger partial charge is 0.497 e. The maximum absolute atomic E-state index is 12.2. The fourth-order valence-electron chi connectivity index (χ4n) is 2.75. The molecule has 1 unspecified atom stereocenters. The lowest BCUT2D eigenvalue weighted by Crippen LogP contribution is -2.40. The van der Waals surface area contributed by atoms with E-state index >= 15 is 0 Å². The second-order valence-corrected chi connectivity index (χ2v) is 5.65. The molecular weight excluding hydrogens is 268 g/mol. The van der Waals surface area contributed by atoms with Crippen LogP contribution >= 0.6 is 0 Å². The number of imide groups is 1. The number of likely N-dealkylation sites (tertiary alicyclic amines) is 1. The lowest BCUT2D eigenvalue weighted by molar-refractivity contribution is -0.139. The van der Waals surface area contributed by atoms with Crippen molar-refractivity contribution in [1.82, 2.24) is 10.2 Å². The highest BCUT2D eigenvalue weighted by Crippen LogP contribution is 2.31. The molecule has 1 aliphatic heterocycles. The van der Waals surface area contributed by atoms with Crippen LogP contribution < -0.4 is 10.1 Å². The summed E-state index contributed by atoms with van der Waals surface area (Å²) in [5.74, 6) is 0.758. The first-order chi connectivity index (χ1) is 10.2. The molecule has 1 aromatic carbocycles. The van der Waals surface area contributed by atoms with Crippen LogP contribution in [0.4, 0.5) is 0 Å². The molecule has 5 heteroatoms. The van der Waals surface area contributed by atoms with Gasteiger partial charge < -0.3 is 10.1 Å². The van der Waals surface area contributed by atoms with Crippen molar-refractivity contribution in [2.45, 2.75) is 37.8 Å². The average molecular weight is 288 g/mol. The molecule has 1 saturated carbocycles. The molecule has 0 bridgehead atoms. The highest BCUT2D eigenvalue weighted by Gasteiger charge is 2.45. The number of carbonyl (C=O) groups excluding carboxylic acids is 2. The molecule has 21 heavy (non-hydrogen) atoms. The van der Waals surface area contributed by atoms with Crippen molar-refractivity contribution >= 4 is 11.8 Å². The van der Waals surface area contributed by atoms with E-state index in [-0.39, 0.29) is 23.9 Å². The van der Waals surface area contributed by atoms with Gasteiger partial charge in [-0.15, -0.1) is 0 Å². The zero-order chi connectivity index (χ0) is 14.8. The van der Waals surface area contributed by atoms with Gasteiger partial charge in [-0.1, -0.05) is 12.1 Å². The van der Waals surface area contributed by atoms with Gasteiger partial charge in [-0.3, -0.25) is 14.5 Å². The topological polar surface area (TPSA) is 58.6 Å². The monoisotopic (exact) mass is 288 g/mol. The molecule has 1 saturated heterocycles. The van der Waals surface area contributed by atoms with Crippen molar-refractivity contribution in [2.24, 2.45) is 0 Å². The van der Waals surface area contributed by atoms with Gasteiger partial charge in [0.25, 0.3) is 0 Å². The summed E-state index contributed by atoms with van der Waals surface area (Å²) in [6.45, 7) is 0.676. The molecular formula is C16H20N2O3. The van der Waals surface area contributed by atoms with Crippen LogP contribution in [0.15, 0.2) is 24.3 Å². The van der Waals surface area contributed by atoms with Crippen molar-refractivity contribution in [1.29, 1.82) is 0 Å². The summed E-state index contributed by atoms with van der Waals surface area (Å²) in [5, 5.41) is 3.21. The summed E-state index contributed by atoms with van der Waals surface area (Å²) in [6.07, 6.45) is 3.04. The summed E-state index contributed by atoms with van der Waals surface area (Å²) < 4.78 is 5.19. The second kappa shape index (κ2) is 5.85. The van der Waals surface area contributed by atoms with Gasteiger partial charge in [-0.25, -0.2) is 0 Å². The first kappa shape index (κ1) is 14.1. The number of nitrogens with zero attached hydrogens (tertiary/aromatic N) is 1. The van der Waals surface area contributed by atoms with E-state index in [1.165, 1.54) is 4.90 Å². The third kappa shape index (κ3) is 3.08. The van der Waals surface area contributed by atoms with Gasteiger partial charge in [-0.05, 0) is 43.5 Å². The quantitative estimate of drug-likeness (QED) is 0.797. The fourth-order valence-corrected chi connectivity index (χ4v) is 2.75. The summed E-state index contributed by atoms with van der Waals surface area (Å²) in [4.78, 5) is 25.5.